The van der Waals surface area contributed by atoms with E-state index >= 15 is 0 Å². The molecule has 0 aromatic heterocycles. The fourth-order valence-corrected chi connectivity index (χ4v) is 1.02. The van der Waals surface area contributed by atoms with Crippen LogP contribution in [0.4, 0.5) is 0 Å². The van der Waals surface area contributed by atoms with E-state index in [2.05, 4.69) is 20.8 Å². The van der Waals surface area contributed by atoms with Gasteiger partial charge in [0.15, 0.2) is 0 Å². The van der Waals surface area contributed by atoms with E-state index in [1.807, 2.05) is 6.92 Å². The van der Waals surface area contributed by atoms with E-state index in [0.29, 0.717) is 0 Å². The van der Waals surface area contributed by atoms with Crippen LogP contribution in [0.3, 0.4) is 0 Å². The van der Waals surface area contributed by atoms with E-state index in [1.54, 1.807) is 0 Å². The molecule has 3 N–H and O–H groups in total. The number of hydrogen-bond donors (Lipinski definition) is 2. The second kappa shape index (κ2) is 3.90. The predicted octanol–water partition coefficient (Wildman–Crippen LogP) is 1.47. The number of hydrogen-bond acceptors (Lipinski definition) is 2. The van der Waals surface area contributed by atoms with Crippen LogP contribution in [-0.4, -0.2) is 17.1 Å². The predicted molar refractivity (Wildman–Crippen MR) is 48.8 cm³/mol. The molecule has 0 aliphatic heterocycles. The van der Waals surface area contributed by atoms with Crippen LogP contribution in [-0.2, 0) is 4.79 Å². The Labute approximate surface area is 74.0 Å². The number of rotatable bonds is 3. The van der Waals surface area contributed by atoms with Crippen LogP contribution in [0.2, 0.25) is 0 Å². The molecule has 2 atom stereocenters. The summed E-state index contributed by atoms with van der Waals surface area (Å²) in [6.07, 6.45) is 0.0540. The van der Waals surface area contributed by atoms with Crippen molar-refractivity contribution in [3.63, 3.8) is 0 Å². The maximum Gasteiger partial charge on any atom is 0.304 e. The molecule has 0 aliphatic carbocycles. The molecular formula is C9H19NO2. The van der Waals surface area contributed by atoms with Gasteiger partial charge in [-0.1, -0.05) is 27.7 Å². The Bertz CT molecular complexity index is 160. The standard InChI is InChI=1S/C9H19NO2/c1-6(9(2,3)4)7(10)5-8(11)12/h6-7H,5,10H2,1-4H3,(H,11,12)/t6?,7-/m1/s1. The van der Waals surface area contributed by atoms with Gasteiger partial charge < -0.3 is 10.8 Å². The lowest BCUT2D eigenvalue weighted by atomic mass is 9.77. The Balaban J connectivity index is 4.10. The zero-order valence-corrected chi connectivity index (χ0v) is 8.29. The van der Waals surface area contributed by atoms with E-state index in [-0.39, 0.29) is 23.8 Å². The minimum atomic E-state index is -0.821. The molecule has 0 aromatic rings. The topological polar surface area (TPSA) is 63.3 Å². The SMILES string of the molecule is CC([C@H](N)CC(=O)O)C(C)(C)C. The van der Waals surface area contributed by atoms with Crippen molar-refractivity contribution in [2.24, 2.45) is 17.1 Å². The van der Waals surface area contributed by atoms with Crippen LogP contribution in [0.1, 0.15) is 34.1 Å². The highest BCUT2D eigenvalue weighted by molar-refractivity contribution is 5.67. The first kappa shape index (κ1) is 11.4. The summed E-state index contributed by atoms with van der Waals surface area (Å²) in [7, 11) is 0. The molecule has 0 saturated carbocycles. The number of carboxylic acid groups (broad SMARTS) is 1. The van der Waals surface area contributed by atoms with Crippen molar-refractivity contribution in [3.05, 3.63) is 0 Å². The number of aliphatic carboxylic acids is 1. The van der Waals surface area contributed by atoms with E-state index in [1.165, 1.54) is 0 Å². The second-order valence-electron chi connectivity index (χ2n) is 4.42. The Morgan fingerprint density at radius 1 is 1.50 bits per heavy atom. The van der Waals surface area contributed by atoms with Crippen molar-refractivity contribution in [1.29, 1.82) is 0 Å². The molecule has 0 aromatic carbocycles. The van der Waals surface area contributed by atoms with Crippen molar-refractivity contribution in [2.45, 2.75) is 40.2 Å². The van der Waals surface area contributed by atoms with Gasteiger partial charge in [-0.2, -0.15) is 0 Å². The minimum absolute atomic E-state index is 0.0540. The van der Waals surface area contributed by atoms with E-state index in [0.717, 1.165) is 0 Å². The highest BCUT2D eigenvalue weighted by atomic mass is 16.4. The first-order chi connectivity index (χ1) is 5.25. The normalized spacial score (nSPS) is 17.1. The summed E-state index contributed by atoms with van der Waals surface area (Å²) in [6, 6.07) is -0.248. The zero-order valence-electron chi connectivity index (χ0n) is 8.29. The van der Waals surface area contributed by atoms with Crippen LogP contribution in [0, 0.1) is 11.3 Å². The molecule has 3 nitrogen and oxygen atoms in total. The summed E-state index contributed by atoms with van der Waals surface area (Å²) >= 11 is 0. The highest BCUT2D eigenvalue weighted by Gasteiger charge is 2.26. The molecule has 0 radical (unpaired) electrons. The van der Waals surface area contributed by atoms with E-state index in [4.69, 9.17) is 10.8 Å². The van der Waals surface area contributed by atoms with Gasteiger partial charge in [-0.3, -0.25) is 4.79 Å². The van der Waals surface area contributed by atoms with Crippen molar-refractivity contribution in [3.8, 4) is 0 Å². The molecule has 0 amide bonds. The number of carboxylic acids is 1. The Morgan fingerprint density at radius 2 is 1.92 bits per heavy atom. The third kappa shape index (κ3) is 3.72. The van der Waals surface area contributed by atoms with Crippen LogP contribution in [0.25, 0.3) is 0 Å². The van der Waals surface area contributed by atoms with Gasteiger partial charge in [0, 0.05) is 6.04 Å². The minimum Gasteiger partial charge on any atom is -0.481 e. The summed E-state index contributed by atoms with van der Waals surface area (Å²) in [6.45, 7) is 8.20. The van der Waals surface area contributed by atoms with Crippen LogP contribution in [0.15, 0.2) is 0 Å². The summed E-state index contributed by atoms with van der Waals surface area (Å²) in [4.78, 5) is 10.4. The van der Waals surface area contributed by atoms with Gasteiger partial charge in [-0.05, 0) is 11.3 Å². The summed E-state index contributed by atoms with van der Waals surface area (Å²) < 4.78 is 0. The van der Waals surface area contributed by atoms with Gasteiger partial charge in [0.2, 0.25) is 0 Å². The molecule has 12 heavy (non-hydrogen) atoms. The molecule has 0 bridgehead atoms. The van der Waals surface area contributed by atoms with E-state index < -0.39 is 5.97 Å². The van der Waals surface area contributed by atoms with Gasteiger partial charge in [-0.25, -0.2) is 0 Å². The van der Waals surface area contributed by atoms with Gasteiger partial charge in [0.1, 0.15) is 0 Å². The smallest absolute Gasteiger partial charge is 0.304 e. The Kier molecular flexibility index (Phi) is 3.71. The molecule has 3 heteroatoms. The highest BCUT2D eigenvalue weighted by Crippen LogP contribution is 2.28. The quantitative estimate of drug-likeness (QED) is 0.679. The van der Waals surface area contributed by atoms with Crippen LogP contribution < -0.4 is 5.73 Å². The lowest BCUT2D eigenvalue weighted by Crippen LogP contribution is -2.37. The second-order valence-corrected chi connectivity index (χ2v) is 4.42. The largest absolute Gasteiger partial charge is 0.481 e. The molecule has 72 valence electrons. The lowest BCUT2D eigenvalue weighted by Gasteiger charge is -2.31. The van der Waals surface area contributed by atoms with E-state index in [9.17, 15) is 4.79 Å². The van der Waals surface area contributed by atoms with Gasteiger partial charge in [-0.15, -0.1) is 0 Å². The van der Waals surface area contributed by atoms with Crippen LogP contribution >= 0.6 is 0 Å². The average Bonchev–Trinajstić information content (AvgIpc) is 1.82. The third-order valence-corrected chi connectivity index (χ3v) is 2.42. The Morgan fingerprint density at radius 3 is 2.17 bits per heavy atom. The first-order valence-electron chi connectivity index (χ1n) is 4.22. The molecule has 0 heterocycles. The number of nitrogens with two attached hydrogens (primary N) is 1. The Hall–Kier alpha value is -0.570. The lowest BCUT2D eigenvalue weighted by molar-refractivity contribution is -0.137. The summed E-state index contributed by atoms with van der Waals surface area (Å²) in [5.41, 5.74) is 5.80. The molecule has 0 fully saturated rings. The molecule has 0 rings (SSSR count). The molecule has 0 spiro atoms. The van der Waals surface area contributed by atoms with Crippen LogP contribution in [0.5, 0.6) is 0 Å². The monoisotopic (exact) mass is 173 g/mol. The zero-order chi connectivity index (χ0) is 9.94. The fraction of sp³-hybridized carbons (Fsp3) is 0.889. The number of carbonyl (C=O) groups is 1. The van der Waals surface area contributed by atoms with Gasteiger partial charge in [0.25, 0.3) is 0 Å². The van der Waals surface area contributed by atoms with Crippen molar-refractivity contribution >= 4 is 5.97 Å². The molecule has 1 unspecified atom stereocenters. The van der Waals surface area contributed by atoms with Crippen molar-refractivity contribution in [1.82, 2.24) is 0 Å². The maximum atomic E-state index is 10.4. The molecule has 0 saturated heterocycles. The molecule has 0 aliphatic rings. The maximum absolute atomic E-state index is 10.4. The first-order valence-corrected chi connectivity index (χ1v) is 4.22. The van der Waals surface area contributed by atoms with Gasteiger partial charge >= 0.3 is 5.97 Å². The third-order valence-electron chi connectivity index (χ3n) is 2.42. The molecular weight excluding hydrogens is 154 g/mol. The fourth-order valence-electron chi connectivity index (χ4n) is 1.02. The summed E-state index contributed by atoms with van der Waals surface area (Å²) in [5, 5.41) is 8.52. The van der Waals surface area contributed by atoms with Crippen molar-refractivity contribution in [2.75, 3.05) is 0 Å². The summed E-state index contributed by atoms with van der Waals surface area (Å²) in [5.74, 6) is -0.604. The van der Waals surface area contributed by atoms with Gasteiger partial charge in [0.05, 0.1) is 6.42 Å². The van der Waals surface area contributed by atoms with Crippen molar-refractivity contribution < 1.29 is 9.90 Å². The average molecular weight is 173 g/mol.